The van der Waals surface area contributed by atoms with Gasteiger partial charge in [-0.05, 0) is 41.6 Å². The summed E-state index contributed by atoms with van der Waals surface area (Å²) >= 11 is 4.62. The average molecular weight is 399 g/mol. The fourth-order valence-electron chi connectivity index (χ4n) is 2.00. The van der Waals surface area contributed by atoms with Crippen molar-refractivity contribution in [2.24, 2.45) is 0 Å². The Bertz CT molecular complexity index is 691. The fraction of sp³-hybridized carbons (Fsp3) is 0.250. The number of hydrogen-bond donors (Lipinski definition) is 1. The summed E-state index contributed by atoms with van der Waals surface area (Å²) in [6, 6.07) is 8.21. The molecule has 1 heterocycles. The van der Waals surface area contributed by atoms with E-state index in [-0.39, 0.29) is 24.2 Å². The lowest BCUT2D eigenvalue weighted by molar-refractivity contribution is -0.121. The molecule has 0 saturated heterocycles. The van der Waals surface area contributed by atoms with E-state index in [9.17, 15) is 14.0 Å². The van der Waals surface area contributed by atoms with Crippen molar-refractivity contribution >= 4 is 39.1 Å². The van der Waals surface area contributed by atoms with Gasteiger partial charge >= 0.3 is 0 Å². The van der Waals surface area contributed by atoms with Gasteiger partial charge in [0.15, 0.2) is 0 Å². The van der Waals surface area contributed by atoms with E-state index in [1.807, 2.05) is 5.38 Å². The molecule has 0 saturated carbocycles. The maximum Gasteiger partial charge on any atom is 0.264 e. The highest BCUT2D eigenvalue weighted by Crippen LogP contribution is 2.15. The van der Waals surface area contributed by atoms with E-state index < -0.39 is 0 Å². The number of carbonyl (C=O) groups is 2. The number of nitrogens with one attached hydrogen (secondary N) is 1. The Morgan fingerprint density at radius 2 is 2.13 bits per heavy atom. The number of rotatable bonds is 6. The number of thiophene rings is 1. The van der Waals surface area contributed by atoms with Crippen molar-refractivity contribution in [1.82, 2.24) is 10.2 Å². The van der Waals surface area contributed by atoms with Gasteiger partial charge in [0.1, 0.15) is 5.82 Å². The van der Waals surface area contributed by atoms with Gasteiger partial charge in [0.05, 0.1) is 11.4 Å². The maximum atomic E-state index is 13.6. The molecule has 2 aromatic rings. The van der Waals surface area contributed by atoms with Gasteiger partial charge in [-0.1, -0.05) is 22.0 Å². The molecule has 0 spiro atoms. The predicted octanol–water partition coefficient (Wildman–Crippen LogP) is 3.08. The fourth-order valence-corrected chi connectivity index (χ4v) is 3.13. The van der Waals surface area contributed by atoms with Crippen molar-refractivity contribution in [1.29, 1.82) is 0 Å². The zero-order chi connectivity index (χ0) is 16.8. The van der Waals surface area contributed by atoms with Crippen LogP contribution in [-0.4, -0.2) is 36.9 Å². The monoisotopic (exact) mass is 398 g/mol. The summed E-state index contributed by atoms with van der Waals surface area (Å²) in [6.45, 7) is 0.283. The Balaban J connectivity index is 1.79. The second-order valence-electron chi connectivity index (χ2n) is 4.97. The van der Waals surface area contributed by atoms with Crippen molar-refractivity contribution in [3.05, 3.63) is 56.4 Å². The molecule has 0 aliphatic carbocycles. The van der Waals surface area contributed by atoms with Gasteiger partial charge in [-0.2, -0.15) is 0 Å². The van der Waals surface area contributed by atoms with Crippen LogP contribution in [0.5, 0.6) is 0 Å². The second kappa shape index (κ2) is 8.21. The molecule has 2 rings (SSSR count). The Kier molecular flexibility index (Phi) is 6.29. The number of hydrogen-bond acceptors (Lipinski definition) is 3. The van der Waals surface area contributed by atoms with Crippen molar-refractivity contribution in [3.8, 4) is 0 Å². The first kappa shape index (κ1) is 17.6. The van der Waals surface area contributed by atoms with Crippen LogP contribution in [0.25, 0.3) is 0 Å². The summed E-state index contributed by atoms with van der Waals surface area (Å²) in [6.07, 6.45) is 0.388. The molecule has 0 unspecified atom stereocenters. The molecular weight excluding hydrogens is 383 g/mol. The topological polar surface area (TPSA) is 49.4 Å². The van der Waals surface area contributed by atoms with Gasteiger partial charge in [0.2, 0.25) is 5.91 Å². The van der Waals surface area contributed by atoms with Crippen LogP contribution in [0.1, 0.15) is 15.2 Å². The minimum Gasteiger partial charge on any atom is -0.354 e. The standard InChI is InChI=1S/C16H16BrFN2O2S/c1-20(16(22)14-3-2-8-23-14)10-15(21)19-7-6-11-9-12(17)4-5-13(11)18/h2-5,8-9H,6-7,10H2,1H3,(H,19,21). The van der Waals surface area contributed by atoms with Gasteiger partial charge in [0.25, 0.3) is 5.91 Å². The van der Waals surface area contributed by atoms with E-state index in [4.69, 9.17) is 0 Å². The van der Waals surface area contributed by atoms with Crippen LogP contribution < -0.4 is 5.32 Å². The molecular formula is C16H16BrFN2O2S. The normalized spacial score (nSPS) is 10.4. The molecule has 1 aromatic heterocycles. The first-order valence-electron chi connectivity index (χ1n) is 6.97. The lowest BCUT2D eigenvalue weighted by atomic mass is 10.1. The molecule has 0 aliphatic heterocycles. The smallest absolute Gasteiger partial charge is 0.264 e. The molecule has 122 valence electrons. The van der Waals surface area contributed by atoms with E-state index in [1.54, 1.807) is 31.3 Å². The molecule has 1 N–H and O–H groups in total. The Hall–Kier alpha value is -1.73. The summed E-state index contributed by atoms with van der Waals surface area (Å²) in [5.74, 6) is -0.756. The van der Waals surface area contributed by atoms with Crippen LogP contribution in [0.3, 0.4) is 0 Å². The summed E-state index contributed by atoms with van der Waals surface area (Å²) in [5, 5.41) is 4.51. The van der Waals surface area contributed by atoms with Gasteiger partial charge in [-0.3, -0.25) is 9.59 Å². The lowest BCUT2D eigenvalue weighted by Crippen LogP contribution is -2.38. The van der Waals surface area contributed by atoms with Crippen LogP contribution in [-0.2, 0) is 11.2 Å². The van der Waals surface area contributed by atoms with Crippen molar-refractivity contribution in [2.45, 2.75) is 6.42 Å². The largest absolute Gasteiger partial charge is 0.354 e. The zero-order valence-electron chi connectivity index (χ0n) is 12.5. The predicted molar refractivity (Wildman–Crippen MR) is 92.1 cm³/mol. The molecule has 0 atom stereocenters. The number of likely N-dealkylation sites (N-methyl/N-ethyl adjacent to an activating group) is 1. The third-order valence-corrected chi connectivity index (χ3v) is 4.53. The lowest BCUT2D eigenvalue weighted by Gasteiger charge is -2.16. The Morgan fingerprint density at radius 1 is 1.35 bits per heavy atom. The van der Waals surface area contributed by atoms with E-state index in [0.717, 1.165) is 4.47 Å². The maximum absolute atomic E-state index is 13.6. The first-order chi connectivity index (χ1) is 11.0. The summed E-state index contributed by atoms with van der Waals surface area (Å²) in [7, 11) is 1.58. The van der Waals surface area contributed by atoms with E-state index >= 15 is 0 Å². The number of halogens is 2. The molecule has 23 heavy (non-hydrogen) atoms. The molecule has 0 bridgehead atoms. The molecule has 7 heteroatoms. The Morgan fingerprint density at radius 3 is 2.83 bits per heavy atom. The summed E-state index contributed by atoms with van der Waals surface area (Å²) in [4.78, 5) is 25.8. The summed E-state index contributed by atoms with van der Waals surface area (Å²) in [5.41, 5.74) is 0.530. The molecule has 1 aromatic carbocycles. The highest BCUT2D eigenvalue weighted by molar-refractivity contribution is 9.10. The minimum atomic E-state index is -0.299. The van der Waals surface area contributed by atoms with Gasteiger partial charge < -0.3 is 10.2 Å². The van der Waals surface area contributed by atoms with Crippen LogP contribution in [0.2, 0.25) is 0 Å². The molecule has 4 nitrogen and oxygen atoms in total. The average Bonchev–Trinajstić information content (AvgIpc) is 3.04. The molecule has 0 fully saturated rings. The van der Waals surface area contributed by atoms with Gasteiger partial charge in [-0.25, -0.2) is 4.39 Å². The molecule has 0 radical (unpaired) electrons. The highest BCUT2D eigenvalue weighted by atomic mass is 79.9. The van der Waals surface area contributed by atoms with Crippen molar-refractivity contribution in [3.63, 3.8) is 0 Å². The Labute approximate surface area is 146 Å². The van der Waals surface area contributed by atoms with Crippen LogP contribution in [0.15, 0.2) is 40.2 Å². The quantitative estimate of drug-likeness (QED) is 0.812. The van der Waals surface area contributed by atoms with E-state index in [2.05, 4.69) is 21.2 Å². The van der Waals surface area contributed by atoms with Crippen molar-refractivity contribution < 1.29 is 14.0 Å². The first-order valence-corrected chi connectivity index (χ1v) is 8.64. The third-order valence-electron chi connectivity index (χ3n) is 3.18. The highest BCUT2D eigenvalue weighted by Gasteiger charge is 2.15. The molecule has 0 aliphatic rings. The molecule has 2 amide bonds. The van der Waals surface area contributed by atoms with Crippen LogP contribution in [0, 0.1) is 5.82 Å². The number of carbonyl (C=O) groups excluding carboxylic acids is 2. The van der Waals surface area contributed by atoms with Gasteiger partial charge in [0, 0.05) is 18.1 Å². The number of amides is 2. The number of nitrogens with zero attached hydrogens (tertiary/aromatic N) is 1. The van der Waals surface area contributed by atoms with Crippen molar-refractivity contribution in [2.75, 3.05) is 20.1 Å². The SMILES string of the molecule is CN(CC(=O)NCCc1cc(Br)ccc1F)C(=O)c1cccs1. The summed E-state index contributed by atoms with van der Waals surface area (Å²) < 4.78 is 14.4. The van der Waals surface area contributed by atoms with Crippen LogP contribution in [0.4, 0.5) is 4.39 Å². The number of benzene rings is 1. The van der Waals surface area contributed by atoms with E-state index in [1.165, 1.54) is 22.3 Å². The third kappa shape index (κ3) is 5.14. The second-order valence-corrected chi connectivity index (χ2v) is 6.84. The van der Waals surface area contributed by atoms with E-state index in [0.29, 0.717) is 23.4 Å². The zero-order valence-corrected chi connectivity index (χ0v) is 14.9. The van der Waals surface area contributed by atoms with Gasteiger partial charge in [-0.15, -0.1) is 11.3 Å². The minimum absolute atomic E-state index is 0.0301. The van der Waals surface area contributed by atoms with Crippen LogP contribution >= 0.6 is 27.3 Å².